The van der Waals surface area contributed by atoms with E-state index in [1.165, 1.54) is 0 Å². The Bertz CT molecular complexity index is 924. The van der Waals surface area contributed by atoms with Crippen LogP contribution in [-0.4, -0.2) is 35.2 Å². The van der Waals surface area contributed by atoms with E-state index >= 15 is 0 Å². The Morgan fingerprint density at radius 3 is 2.50 bits per heavy atom. The summed E-state index contributed by atoms with van der Waals surface area (Å²) < 4.78 is 16.1. The molecule has 28 heavy (non-hydrogen) atoms. The summed E-state index contributed by atoms with van der Waals surface area (Å²) in [7, 11) is 3.23. The van der Waals surface area contributed by atoms with Crippen LogP contribution >= 0.6 is 0 Å². The molecule has 0 saturated heterocycles. The predicted octanol–water partition coefficient (Wildman–Crippen LogP) is 3.59. The summed E-state index contributed by atoms with van der Waals surface area (Å²) in [6, 6.07) is 15.7. The number of aromatic carboxylic acids is 1. The van der Waals surface area contributed by atoms with Crippen molar-refractivity contribution < 1.29 is 23.8 Å². The molecular formula is C21H22N2O5. The van der Waals surface area contributed by atoms with Gasteiger partial charge in [0.05, 0.1) is 20.8 Å². The van der Waals surface area contributed by atoms with Gasteiger partial charge in [0.1, 0.15) is 17.8 Å². The highest BCUT2D eigenvalue weighted by molar-refractivity contribution is 5.84. The predicted molar refractivity (Wildman–Crippen MR) is 102 cm³/mol. The monoisotopic (exact) mass is 382 g/mol. The summed E-state index contributed by atoms with van der Waals surface area (Å²) in [5.74, 6) is 0.673. The molecule has 1 heterocycles. The average Bonchev–Trinajstić information content (AvgIpc) is 3.18. The Kier molecular flexibility index (Phi) is 6.29. The molecule has 0 aliphatic rings. The molecule has 3 rings (SSSR count). The summed E-state index contributed by atoms with van der Waals surface area (Å²) in [5, 5.41) is 9.06. The van der Waals surface area contributed by atoms with Crippen LogP contribution in [0.25, 0.3) is 0 Å². The van der Waals surface area contributed by atoms with Crippen molar-refractivity contribution >= 4 is 5.97 Å². The number of benzene rings is 2. The topological polar surface area (TPSA) is 85.0 Å². The van der Waals surface area contributed by atoms with Crippen LogP contribution in [0, 0.1) is 0 Å². The standard InChI is InChI=1S/C21H22N2O5/c1-26-17-9-8-16(19(10-17)27-2)12-23(11-15-6-4-3-5-7-15)13-20-22-18(14-28-20)21(24)25/h3-10,14H,11-13H2,1-2H3,(H,24,25). The number of hydrogen-bond acceptors (Lipinski definition) is 6. The molecule has 1 N–H and O–H groups in total. The Morgan fingerprint density at radius 1 is 1.07 bits per heavy atom. The Morgan fingerprint density at radius 2 is 1.86 bits per heavy atom. The third kappa shape index (κ3) is 4.89. The first kappa shape index (κ1) is 19.4. The molecule has 3 aromatic rings. The van der Waals surface area contributed by atoms with Crippen LogP contribution in [0.2, 0.25) is 0 Å². The van der Waals surface area contributed by atoms with Crippen molar-refractivity contribution in [2.45, 2.75) is 19.6 Å². The van der Waals surface area contributed by atoms with Crippen molar-refractivity contribution in [3.8, 4) is 11.5 Å². The van der Waals surface area contributed by atoms with Gasteiger partial charge in [0.15, 0.2) is 5.69 Å². The van der Waals surface area contributed by atoms with Gasteiger partial charge >= 0.3 is 5.97 Å². The average molecular weight is 382 g/mol. The van der Waals surface area contributed by atoms with Gasteiger partial charge < -0.3 is 19.0 Å². The molecule has 7 nitrogen and oxygen atoms in total. The highest BCUT2D eigenvalue weighted by atomic mass is 16.5. The second kappa shape index (κ2) is 9.05. The molecular weight excluding hydrogens is 360 g/mol. The first-order valence-electron chi connectivity index (χ1n) is 8.74. The summed E-state index contributed by atoms with van der Waals surface area (Å²) >= 11 is 0. The molecule has 2 aromatic carbocycles. The van der Waals surface area contributed by atoms with E-state index < -0.39 is 5.97 Å². The lowest BCUT2D eigenvalue weighted by Crippen LogP contribution is -2.23. The molecule has 0 atom stereocenters. The molecule has 0 bridgehead atoms. The number of carboxylic acid groups (broad SMARTS) is 1. The number of ether oxygens (including phenoxy) is 2. The second-order valence-corrected chi connectivity index (χ2v) is 6.24. The molecule has 146 valence electrons. The van der Waals surface area contributed by atoms with Gasteiger partial charge in [-0.3, -0.25) is 4.90 Å². The number of aromatic nitrogens is 1. The SMILES string of the molecule is COc1ccc(CN(Cc2ccccc2)Cc2nc(C(=O)O)co2)c(OC)c1. The van der Waals surface area contributed by atoms with Gasteiger partial charge in [-0.15, -0.1) is 0 Å². The molecule has 0 aliphatic carbocycles. The fourth-order valence-electron chi connectivity index (χ4n) is 2.91. The zero-order valence-electron chi connectivity index (χ0n) is 15.8. The van der Waals surface area contributed by atoms with E-state index in [4.69, 9.17) is 19.0 Å². The maximum atomic E-state index is 11.1. The summed E-state index contributed by atoms with van der Waals surface area (Å²) in [6.45, 7) is 1.56. The fourth-order valence-corrected chi connectivity index (χ4v) is 2.91. The van der Waals surface area contributed by atoms with Gasteiger partial charge in [0.2, 0.25) is 5.89 Å². The van der Waals surface area contributed by atoms with Crippen LogP contribution in [0.4, 0.5) is 0 Å². The first-order chi connectivity index (χ1) is 13.6. The Hall–Kier alpha value is -3.32. The summed E-state index contributed by atoms with van der Waals surface area (Å²) in [5.41, 5.74) is 2.00. The third-order valence-corrected chi connectivity index (χ3v) is 4.27. The highest BCUT2D eigenvalue weighted by Crippen LogP contribution is 2.26. The minimum Gasteiger partial charge on any atom is -0.497 e. The van der Waals surface area contributed by atoms with Gasteiger partial charge in [-0.1, -0.05) is 36.4 Å². The lowest BCUT2D eigenvalue weighted by Gasteiger charge is -2.22. The van der Waals surface area contributed by atoms with E-state index in [0.717, 1.165) is 23.1 Å². The van der Waals surface area contributed by atoms with Gasteiger partial charge in [0, 0.05) is 24.7 Å². The van der Waals surface area contributed by atoms with Gasteiger partial charge in [-0.2, -0.15) is 0 Å². The smallest absolute Gasteiger partial charge is 0.357 e. The normalized spacial score (nSPS) is 10.8. The summed E-state index contributed by atoms with van der Waals surface area (Å²) in [6.07, 6.45) is 1.16. The van der Waals surface area contributed by atoms with E-state index in [0.29, 0.717) is 31.3 Å². The molecule has 0 radical (unpaired) electrons. The van der Waals surface area contributed by atoms with Crippen molar-refractivity contribution in [2.24, 2.45) is 0 Å². The van der Waals surface area contributed by atoms with E-state index in [1.54, 1.807) is 14.2 Å². The molecule has 0 saturated carbocycles. The number of hydrogen-bond donors (Lipinski definition) is 1. The molecule has 0 unspecified atom stereocenters. The number of rotatable bonds is 9. The summed E-state index contributed by atoms with van der Waals surface area (Å²) in [4.78, 5) is 17.2. The minimum absolute atomic E-state index is 0.100. The van der Waals surface area contributed by atoms with E-state index in [-0.39, 0.29) is 5.69 Å². The van der Waals surface area contributed by atoms with Gasteiger partial charge in [-0.25, -0.2) is 9.78 Å². The van der Waals surface area contributed by atoms with Crippen molar-refractivity contribution in [1.82, 2.24) is 9.88 Å². The molecule has 7 heteroatoms. The lowest BCUT2D eigenvalue weighted by atomic mass is 10.1. The van der Waals surface area contributed by atoms with Crippen molar-refractivity contribution in [2.75, 3.05) is 14.2 Å². The Balaban J connectivity index is 1.84. The van der Waals surface area contributed by atoms with Crippen LogP contribution in [-0.2, 0) is 19.6 Å². The van der Waals surface area contributed by atoms with Crippen LogP contribution in [0.1, 0.15) is 27.5 Å². The fraction of sp³-hybridized carbons (Fsp3) is 0.238. The number of oxazole rings is 1. The quantitative estimate of drug-likeness (QED) is 0.605. The minimum atomic E-state index is -1.11. The highest BCUT2D eigenvalue weighted by Gasteiger charge is 2.17. The van der Waals surface area contributed by atoms with Crippen LogP contribution in [0.3, 0.4) is 0 Å². The Labute approximate surface area is 163 Å². The molecule has 0 aliphatic heterocycles. The van der Waals surface area contributed by atoms with Gasteiger partial charge in [0.25, 0.3) is 0 Å². The number of methoxy groups -OCH3 is 2. The van der Waals surface area contributed by atoms with Crippen molar-refractivity contribution in [3.63, 3.8) is 0 Å². The lowest BCUT2D eigenvalue weighted by molar-refractivity contribution is 0.0690. The number of nitrogens with zero attached hydrogens (tertiary/aromatic N) is 2. The maximum absolute atomic E-state index is 11.1. The first-order valence-corrected chi connectivity index (χ1v) is 8.74. The van der Waals surface area contributed by atoms with E-state index in [9.17, 15) is 4.79 Å². The van der Waals surface area contributed by atoms with Crippen molar-refractivity contribution in [3.05, 3.63) is 77.5 Å². The second-order valence-electron chi connectivity index (χ2n) is 6.24. The van der Waals surface area contributed by atoms with Gasteiger partial charge in [-0.05, 0) is 11.6 Å². The number of carboxylic acids is 1. The zero-order chi connectivity index (χ0) is 19.9. The molecule has 0 amide bonds. The maximum Gasteiger partial charge on any atom is 0.357 e. The third-order valence-electron chi connectivity index (χ3n) is 4.27. The van der Waals surface area contributed by atoms with Crippen LogP contribution in [0.15, 0.2) is 59.2 Å². The molecule has 1 aromatic heterocycles. The van der Waals surface area contributed by atoms with Crippen LogP contribution < -0.4 is 9.47 Å². The van der Waals surface area contributed by atoms with E-state index in [1.807, 2.05) is 48.5 Å². The largest absolute Gasteiger partial charge is 0.497 e. The van der Waals surface area contributed by atoms with Crippen molar-refractivity contribution in [1.29, 1.82) is 0 Å². The van der Waals surface area contributed by atoms with E-state index in [2.05, 4.69) is 9.88 Å². The van der Waals surface area contributed by atoms with Crippen LogP contribution in [0.5, 0.6) is 11.5 Å². The molecule has 0 spiro atoms. The zero-order valence-corrected chi connectivity index (χ0v) is 15.8. The number of carbonyl (C=O) groups is 1. The molecule has 0 fully saturated rings.